The molecule has 0 amide bonds. The maximum absolute atomic E-state index is 4.54. The minimum atomic E-state index is 0.460. The Morgan fingerprint density at radius 2 is 2.47 bits per heavy atom. The van der Waals surface area contributed by atoms with Gasteiger partial charge in [0.1, 0.15) is 0 Å². The second-order valence-electron chi connectivity index (χ2n) is 3.91. The third kappa shape index (κ3) is 2.81. The Morgan fingerprint density at radius 3 is 3.07 bits per heavy atom. The number of aliphatic imine (C=N–C) groups is 1. The molecule has 1 unspecified atom stereocenters. The van der Waals surface area contributed by atoms with Crippen LogP contribution in [0.1, 0.15) is 43.5 Å². The van der Waals surface area contributed by atoms with Crippen LogP contribution in [0.5, 0.6) is 0 Å². The molecule has 2 nitrogen and oxygen atoms in total. The molecular formula is C12H18N2S. The Kier molecular flexibility index (Phi) is 3.78. The molecule has 1 N–H and O–H groups in total. The van der Waals surface area contributed by atoms with Gasteiger partial charge in [0.25, 0.3) is 0 Å². The molecule has 0 spiro atoms. The normalized spacial score (nSPS) is 18.3. The Balaban J connectivity index is 1.99. The molecule has 1 aromatic heterocycles. The number of amidine groups is 1. The lowest BCUT2D eigenvalue weighted by atomic mass is 10.1. The Hall–Kier alpha value is -0.830. The standard InChI is InChI=1S/C12H18N2S/c1-2-10(11-6-5-9-15-11)14-12-7-3-4-8-13-12/h5-6,9-10H,2-4,7-8H2,1H3,(H,13,14). The van der Waals surface area contributed by atoms with Crippen molar-refractivity contribution in [2.24, 2.45) is 4.99 Å². The minimum Gasteiger partial charge on any atom is -0.366 e. The lowest BCUT2D eigenvalue weighted by Gasteiger charge is -2.20. The van der Waals surface area contributed by atoms with E-state index in [1.165, 1.54) is 23.6 Å². The van der Waals surface area contributed by atoms with Crippen molar-refractivity contribution in [2.75, 3.05) is 6.54 Å². The summed E-state index contributed by atoms with van der Waals surface area (Å²) >= 11 is 1.83. The second kappa shape index (κ2) is 5.31. The Labute approximate surface area is 95.4 Å². The van der Waals surface area contributed by atoms with Gasteiger partial charge < -0.3 is 5.32 Å². The van der Waals surface area contributed by atoms with E-state index >= 15 is 0 Å². The summed E-state index contributed by atoms with van der Waals surface area (Å²) in [7, 11) is 0. The fourth-order valence-electron chi connectivity index (χ4n) is 1.88. The number of rotatable bonds is 3. The summed E-state index contributed by atoms with van der Waals surface area (Å²) in [5.41, 5.74) is 0. The molecule has 0 saturated heterocycles. The maximum atomic E-state index is 4.54. The Bertz CT molecular complexity index is 316. The summed E-state index contributed by atoms with van der Waals surface area (Å²) < 4.78 is 0. The van der Waals surface area contributed by atoms with Gasteiger partial charge in [0.15, 0.2) is 0 Å². The van der Waals surface area contributed by atoms with E-state index in [4.69, 9.17) is 0 Å². The average molecular weight is 222 g/mol. The van der Waals surface area contributed by atoms with Crippen LogP contribution in [-0.4, -0.2) is 12.4 Å². The molecule has 0 aliphatic carbocycles. The summed E-state index contributed by atoms with van der Waals surface area (Å²) in [4.78, 5) is 5.96. The SMILES string of the molecule is CCC(NC1=NCCCC1)c1cccs1. The lowest BCUT2D eigenvalue weighted by molar-refractivity contribution is 0.608. The van der Waals surface area contributed by atoms with Crippen LogP contribution in [0.4, 0.5) is 0 Å². The van der Waals surface area contributed by atoms with Gasteiger partial charge >= 0.3 is 0 Å². The number of nitrogens with one attached hydrogen (secondary N) is 1. The lowest BCUT2D eigenvalue weighted by Crippen LogP contribution is -2.29. The van der Waals surface area contributed by atoms with Gasteiger partial charge in [-0.15, -0.1) is 11.3 Å². The summed E-state index contributed by atoms with van der Waals surface area (Å²) in [5, 5.41) is 5.71. The molecule has 2 rings (SSSR count). The van der Waals surface area contributed by atoms with Crippen LogP contribution in [0.2, 0.25) is 0 Å². The fourth-order valence-corrected chi connectivity index (χ4v) is 2.74. The van der Waals surface area contributed by atoms with Crippen molar-refractivity contribution in [3.05, 3.63) is 22.4 Å². The molecule has 2 heterocycles. The third-order valence-electron chi connectivity index (χ3n) is 2.76. The zero-order valence-electron chi connectivity index (χ0n) is 9.20. The first-order valence-corrected chi connectivity index (χ1v) is 6.61. The van der Waals surface area contributed by atoms with E-state index in [-0.39, 0.29) is 0 Å². The first kappa shape index (κ1) is 10.7. The highest BCUT2D eigenvalue weighted by Gasteiger charge is 2.13. The van der Waals surface area contributed by atoms with Gasteiger partial charge in [-0.3, -0.25) is 4.99 Å². The number of hydrogen-bond donors (Lipinski definition) is 1. The van der Waals surface area contributed by atoms with Crippen LogP contribution >= 0.6 is 11.3 Å². The first-order chi connectivity index (χ1) is 7.40. The minimum absolute atomic E-state index is 0.460. The van der Waals surface area contributed by atoms with Gasteiger partial charge in [-0.2, -0.15) is 0 Å². The van der Waals surface area contributed by atoms with Gasteiger partial charge in [-0.1, -0.05) is 13.0 Å². The van der Waals surface area contributed by atoms with Crippen LogP contribution in [-0.2, 0) is 0 Å². The van der Waals surface area contributed by atoms with Crippen molar-refractivity contribution in [1.82, 2.24) is 5.32 Å². The Morgan fingerprint density at radius 1 is 1.53 bits per heavy atom. The van der Waals surface area contributed by atoms with E-state index in [1.54, 1.807) is 0 Å². The molecule has 0 bridgehead atoms. The largest absolute Gasteiger partial charge is 0.366 e. The molecule has 82 valence electrons. The van der Waals surface area contributed by atoms with E-state index in [1.807, 2.05) is 11.3 Å². The van der Waals surface area contributed by atoms with Crippen LogP contribution in [0.15, 0.2) is 22.5 Å². The molecule has 0 radical (unpaired) electrons. The highest BCUT2D eigenvalue weighted by molar-refractivity contribution is 7.10. The van der Waals surface area contributed by atoms with E-state index in [9.17, 15) is 0 Å². The van der Waals surface area contributed by atoms with Crippen molar-refractivity contribution >= 4 is 17.2 Å². The average Bonchev–Trinajstić information content (AvgIpc) is 2.81. The quantitative estimate of drug-likeness (QED) is 0.833. The summed E-state index contributed by atoms with van der Waals surface area (Å²) in [6.45, 7) is 3.23. The number of nitrogens with zero attached hydrogens (tertiary/aromatic N) is 1. The van der Waals surface area contributed by atoms with Crippen LogP contribution in [0.25, 0.3) is 0 Å². The molecule has 0 aromatic carbocycles. The molecule has 1 atom stereocenters. The van der Waals surface area contributed by atoms with Crippen LogP contribution in [0.3, 0.4) is 0 Å². The van der Waals surface area contributed by atoms with Gasteiger partial charge in [-0.25, -0.2) is 0 Å². The molecule has 1 aliphatic rings. The third-order valence-corrected chi connectivity index (χ3v) is 3.75. The van der Waals surface area contributed by atoms with Crippen molar-refractivity contribution in [2.45, 2.75) is 38.6 Å². The smallest absolute Gasteiger partial charge is 0.0968 e. The highest BCUT2D eigenvalue weighted by Crippen LogP contribution is 2.22. The van der Waals surface area contributed by atoms with Gasteiger partial charge in [0.2, 0.25) is 0 Å². The zero-order chi connectivity index (χ0) is 10.5. The van der Waals surface area contributed by atoms with E-state index in [2.05, 4.69) is 34.7 Å². The molecule has 1 aliphatic heterocycles. The van der Waals surface area contributed by atoms with Gasteiger partial charge in [0, 0.05) is 17.8 Å². The van der Waals surface area contributed by atoms with Gasteiger partial charge in [0.05, 0.1) is 11.9 Å². The van der Waals surface area contributed by atoms with Gasteiger partial charge in [-0.05, 0) is 30.7 Å². The zero-order valence-corrected chi connectivity index (χ0v) is 10.0. The molecule has 3 heteroatoms. The summed E-state index contributed by atoms with van der Waals surface area (Å²) in [5.74, 6) is 1.21. The first-order valence-electron chi connectivity index (χ1n) is 5.73. The predicted octanol–water partition coefficient (Wildman–Crippen LogP) is 3.37. The predicted molar refractivity (Wildman–Crippen MR) is 66.6 cm³/mol. The van der Waals surface area contributed by atoms with Crippen molar-refractivity contribution in [1.29, 1.82) is 0 Å². The molecule has 1 aromatic rings. The molecule has 15 heavy (non-hydrogen) atoms. The van der Waals surface area contributed by atoms with Crippen molar-refractivity contribution < 1.29 is 0 Å². The summed E-state index contributed by atoms with van der Waals surface area (Å²) in [6, 6.07) is 4.78. The highest BCUT2D eigenvalue weighted by atomic mass is 32.1. The molecule has 0 saturated carbocycles. The summed E-state index contributed by atoms with van der Waals surface area (Å²) in [6.07, 6.45) is 4.79. The second-order valence-corrected chi connectivity index (χ2v) is 4.89. The molecule has 0 fully saturated rings. The van der Waals surface area contributed by atoms with Crippen molar-refractivity contribution in [3.63, 3.8) is 0 Å². The fraction of sp³-hybridized carbons (Fsp3) is 0.583. The van der Waals surface area contributed by atoms with Crippen molar-refractivity contribution in [3.8, 4) is 0 Å². The monoisotopic (exact) mass is 222 g/mol. The number of thiophene rings is 1. The topological polar surface area (TPSA) is 24.4 Å². The van der Waals surface area contributed by atoms with E-state index in [0.717, 1.165) is 19.4 Å². The van der Waals surface area contributed by atoms with E-state index < -0.39 is 0 Å². The maximum Gasteiger partial charge on any atom is 0.0968 e. The molecular weight excluding hydrogens is 204 g/mol. The van der Waals surface area contributed by atoms with Crippen LogP contribution < -0.4 is 5.32 Å². The van der Waals surface area contributed by atoms with E-state index in [0.29, 0.717) is 6.04 Å². The number of hydrogen-bond acceptors (Lipinski definition) is 3. The van der Waals surface area contributed by atoms with Crippen LogP contribution in [0, 0.1) is 0 Å².